The monoisotopic (exact) mass is 199 g/mol. The average molecular weight is 199 g/mol. The molecular formula is C8H13N3O3. The topological polar surface area (TPSA) is 105 Å². The zero-order chi connectivity index (χ0) is 10.8. The summed E-state index contributed by atoms with van der Waals surface area (Å²) >= 11 is 0. The smallest absolute Gasteiger partial charge is 0.248 e. The first-order chi connectivity index (χ1) is 6.76. The van der Waals surface area contributed by atoms with Crippen LogP contribution in [-0.4, -0.2) is 28.3 Å². The second-order valence-electron chi connectivity index (χ2n) is 2.21. The van der Waals surface area contributed by atoms with Gasteiger partial charge in [-0.1, -0.05) is 18.2 Å². The minimum Gasteiger partial charge on any atom is -0.592 e. The van der Waals surface area contributed by atoms with E-state index in [1.165, 1.54) is 0 Å². The molecular weight excluding hydrogens is 186 g/mol. The molecule has 14 heavy (non-hydrogen) atoms. The van der Waals surface area contributed by atoms with E-state index in [0.717, 1.165) is 0 Å². The molecule has 78 valence electrons. The highest BCUT2D eigenvalue weighted by Crippen LogP contribution is 2.08. The summed E-state index contributed by atoms with van der Waals surface area (Å²) in [5.41, 5.74) is 5.09. The van der Waals surface area contributed by atoms with Gasteiger partial charge >= 0.3 is 0 Å². The fraction of sp³-hybridized carbons (Fsp3) is 0.250. The van der Waals surface area contributed by atoms with E-state index in [1.54, 1.807) is 30.3 Å². The van der Waals surface area contributed by atoms with E-state index in [1.807, 2.05) is 0 Å². The van der Waals surface area contributed by atoms with Gasteiger partial charge in [0.15, 0.2) is 0 Å². The number of rotatable bonds is 2. The molecule has 0 aromatic heterocycles. The van der Waals surface area contributed by atoms with E-state index in [0.29, 0.717) is 12.2 Å². The molecule has 0 spiro atoms. The highest BCUT2D eigenvalue weighted by Gasteiger charge is 1.98. The van der Waals surface area contributed by atoms with Crippen molar-refractivity contribution in [3.05, 3.63) is 35.5 Å². The lowest BCUT2D eigenvalue weighted by molar-refractivity contribution is -0.473. The molecule has 0 saturated heterocycles. The summed E-state index contributed by atoms with van der Waals surface area (Å²) in [6.07, 6.45) is 0. The molecule has 0 bridgehead atoms. The van der Waals surface area contributed by atoms with Crippen molar-refractivity contribution >= 4 is 5.69 Å². The molecule has 0 aliphatic carbocycles. The van der Waals surface area contributed by atoms with E-state index in [2.05, 4.69) is 5.28 Å². The van der Waals surface area contributed by atoms with Crippen molar-refractivity contribution in [2.24, 2.45) is 11.0 Å². The Hall–Kier alpha value is -1.66. The zero-order valence-corrected chi connectivity index (χ0v) is 7.58. The van der Waals surface area contributed by atoms with E-state index in [4.69, 9.17) is 16.0 Å². The number of hydrogen-bond acceptors (Lipinski definition) is 4. The SMILES string of the molecule is NCCO.[O-]/[N+](=N\O)c1ccccc1. The lowest BCUT2D eigenvalue weighted by Crippen LogP contribution is -2.02. The van der Waals surface area contributed by atoms with Crippen LogP contribution in [0.15, 0.2) is 35.6 Å². The molecule has 1 aromatic rings. The molecule has 4 N–H and O–H groups in total. The third kappa shape index (κ3) is 5.07. The number of aliphatic hydroxyl groups is 1. The predicted octanol–water partition coefficient (Wildman–Crippen LogP) is 0.607. The van der Waals surface area contributed by atoms with E-state index in [9.17, 15) is 5.21 Å². The lowest BCUT2D eigenvalue weighted by atomic mass is 10.3. The number of benzene rings is 1. The van der Waals surface area contributed by atoms with Crippen LogP contribution in [0.4, 0.5) is 5.69 Å². The molecule has 0 unspecified atom stereocenters. The molecule has 0 aliphatic rings. The first-order valence-electron chi connectivity index (χ1n) is 3.94. The van der Waals surface area contributed by atoms with Crippen LogP contribution in [0.3, 0.4) is 0 Å². The third-order valence-corrected chi connectivity index (χ3v) is 1.19. The van der Waals surface area contributed by atoms with Crippen LogP contribution in [-0.2, 0) is 0 Å². The Morgan fingerprint density at radius 1 is 1.36 bits per heavy atom. The van der Waals surface area contributed by atoms with Crippen molar-refractivity contribution in [2.45, 2.75) is 0 Å². The van der Waals surface area contributed by atoms with Crippen molar-refractivity contribution in [2.75, 3.05) is 13.2 Å². The molecule has 0 atom stereocenters. The zero-order valence-electron chi connectivity index (χ0n) is 7.58. The van der Waals surface area contributed by atoms with E-state index in [-0.39, 0.29) is 11.5 Å². The third-order valence-electron chi connectivity index (χ3n) is 1.19. The normalized spacial score (nSPS) is 10.3. The summed E-state index contributed by atoms with van der Waals surface area (Å²) in [5, 5.41) is 28.7. The Kier molecular flexibility index (Phi) is 7.02. The van der Waals surface area contributed by atoms with Gasteiger partial charge in [0.1, 0.15) is 0 Å². The number of para-hydroxylation sites is 1. The quantitative estimate of drug-likeness (QED) is 0.368. The molecule has 0 fully saturated rings. The summed E-state index contributed by atoms with van der Waals surface area (Å²) in [5.74, 6) is 0. The number of nitrogens with two attached hydrogens (primary N) is 1. The lowest BCUT2D eigenvalue weighted by Gasteiger charge is -1.93. The van der Waals surface area contributed by atoms with Crippen LogP contribution in [0.5, 0.6) is 0 Å². The van der Waals surface area contributed by atoms with E-state index >= 15 is 0 Å². The molecule has 0 amide bonds. The second-order valence-corrected chi connectivity index (χ2v) is 2.21. The van der Waals surface area contributed by atoms with Gasteiger partial charge in [-0.3, -0.25) is 0 Å². The van der Waals surface area contributed by atoms with Gasteiger partial charge in [0.25, 0.3) is 0 Å². The maximum Gasteiger partial charge on any atom is 0.248 e. The van der Waals surface area contributed by atoms with Gasteiger partial charge in [0.2, 0.25) is 11.0 Å². The molecule has 0 heterocycles. The summed E-state index contributed by atoms with van der Waals surface area (Å²) in [6, 6.07) is 8.24. The maximum absolute atomic E-state index is 10.5. The Bertz CT molecular complexity index is 262. The second kappa shape index (κ2) is 7.96. The van der Waals surface area contributed by atoms with Gasteiger partial charge in [-0.05, 0) is 4.86 Å². The molecule has 1 aromatic carbocycles. The number of aliphatic hydroxyl groups excluding tert-OH is 1. The van der Waals surface area contributed by atoms with E-state index < -0.39 is 0 Å². The highest BCUT2D eigenvalue weighted by atomic mass is 16.6. The van der Waals surface area contributed by atoms with Crippen molar-refractivity contribution in [1.82, 2.24) is 0 Å². The Morgan fingerprint density at radius 3 is 2.21 bits per heavy atom. The van der Waals surface area contributed by atoms with Crippen LogP contribution < -0.4 is 5.73 Å². The Balaban J connectivity index is 0.000000364. The first kappa shape index (κ1) is 12.3. The summed E-state index contributed by atoms with van der Waals surface area (Å²) in [6.45, 7) is 0.472. The van der Waals surface area contributed by atoms with Crippen molar-refractivity contribution < 1.29 is 15.2 Å². The first-order valence-corrected chi connectivity index (χ1v) is 3.94. The average Bonchev–Trinajstić information content (AvgIpc) is 2.29. The molecule has 6 nitrogen and oxygen atoms in total. The minimum absolute atomic E-state index is 0.0972. The van der Waals surface area contributed by atoms with Crippen LogP contribution >= 0.6 is 0 Å². The largest absolute Gasteiger partial charge is 0.592 e. The molecule has 0 saturated carbocycles. The maximum atomic E-state index is 10.5. The molecule has 6 heteroatoms. The van der Waals surface area contributed by atoms with Crippen molar-refractivity contribution in [1.29, 1.82) is 0 Å². The summed E-state index contributed by atoms with van der Waals surface area (Å²) in [4.78, 5) is 0.139. The van der Waals surface area contributed by atoms with Crippen molar-refractivity contribution in [3.8, 4) is 0 Å². The molecule has 0 aliphatic heterocycles. The fourth-order valence-corrected chi connectivity index (χ4v) is 0.607. The van der Waals surface area contributed by atoms with Crippen LogP contribution in [0, 0.1) is 5.21 Å². The van der Waals surface area contributed by atoms with Gasteiger partial charge in [-0.15, -0.1) is 0 Å². The molecule has 1 rings (SSSR count). The van der Waals surface area contributed by atoms with Crippen molar-refractivity contribution in [3.63, 3.8) is 0 Å². The van der Waals surface area contributed by atoms with Gasteiger partial charge < -0.3 is 21.3 Å². The van der Waals surface area contributed by atoms with Crippen LogP contribution in [0.2, 0.25) is 0 Å². The highest BCUT2D eigenvalue weighted by molar-refractivity contribution is 5.27. The van der Waals surface area contributed by atoms with Gasteiger partial charge in [-0.2, -0.15) is 0 Å². The summed E-state index contributed by atoms with van der Waals surface area (Å²) in [7, 11) is 0. The summed E-state index contributed by atoms with van der Waals surface area (Å²) < 4.78 is 0. The minimum atomic E-state index is 0.0972. The fourth-order valence-electron chi connectivity index (χ4n) is 0.607. The molecule has 0 radical (unpaired) electrons. The van der Waals surface area contributed by atoms with Gasteiger partial charge in [0, 0.05) is 18.7 Å². The number of hydrogen-bond donors (Lipinski definition) is 3. The van der Waals surface area contributed by atoms with Gasteiger partial charge in [-0.25, -0.2) is 0 Å². The van der Waals surface area contributed by atoms with Crippen LogP contribution in [0.25, 0.3) is 0 Å². The Labute approximate surface area is 81.5 Å². The standard InChI is InChI=1S/C6H6N2O2.C2H7NO/c9-7-8(10)6-4-2-1-3-5-6;3-1-2-4/h1-5,9H;4H,1-3H2/b8-7-;. The Morgan fingerprint density at radius 2 is 1.86 bits per heavy atom. The predicted molar refractivity (Wildman–Crippen MR) is 50.1 cm³/mol. The van der Waals surface area contributed by atoms with Crippen LogP contribution in [0.1, 0.15) is 0 Å². The number of nitrogens with zero attached hydrogens (tertiary/aromatic N) is 2. The van der Waals surface area contributed by atoms with Gasteiger partial charge in [0.05, 0.1) is 6.61 Å².